The summed E-state index contributed by atoms with van der Waals surface area (Å²) in [5.74, 6) is -0.410. The molecular weight excluding hydrogens is 1550 g/mol. The van der Waals surface area contributed by atoms with Gasteiger partial charge in [0.2, 0.25) is 5.91 Å². The average Bonchev–Trinajstić information content (AvgIpc) is 2.64. The number of para-hydroxylation sites is 1. The van der Waals surface area contributed by atoms with Crippen molar-refractivity contribution in [2.45, 2.75) is 0 Å². The van der Waals surface area contributed by atoms with E-state index in [9.17, 15) is 4.79 Å². The van der Waals surface area contributed by atoms with E-state index >= 15 is 0 Å². The molecule has 1 amide bonds. The third-order valence-corrected chi connectivity index (χ3v) is 3.06. The molecule has 0 aliphatic carbocycles. The Hall–Kier alpha value is 14.1. The van der Waals surface area contributed by atoms with Crippen LogP contribution < -0.4 is 5.73 Å². The number of nitrogens with two attached hydrogens (primary N) is 1. The van der Waals surface area contributed by atoms with Crippen LogP contribution in [0, 0.1) is 7.05 Å². The van der Waals surface area contributed by atoms with Crippen LogP contribution in [0.2, 0.25) is 0 Å². The van der Waals surface area contributed by atoms with Crippen LogP contribution in [0.15, 0.2) is 42.5 Å². The number of carbonyl (C=O) groups is 1. The third kappa shape index (κ3) is 27.0. The van der Waals surface area contributed by atoms with Gasteiger partial charge in [0, 0.05) is 496 Å². The zero-order valence-electron chi connectivity index (χ0n) is 17.8. The number of primary amides is 1. The van der Waals surface area contributed by atoms with Gasteiger partial charge in [-0.3, -0.25) is 4.79 Å². The standard InChI is InChI=1S/C14H11N2O.15Y/c1-16-11-7-3-2-5-9(11)13-10(14(15)17)6-4-8-12(13)16;;;;;;;;;;;;;;;/h2-8H,1H2,(H2,15,17);;;;;;;;;;;;;;;/q-1;;;;;;;;;;;;;;;. The minimum atomic E-state index is -0.410. The van der Waals surface area contributed by atoms with Crippen molar-refractivity contribution in [3.8, 4) is 0 Å². The average molecular weight is 1560 g/mol. The number of carbonyl (C=O) groups excluding carboxylic acids is 1. The van der Waals surface area contributed by atoms with Gasteiger partial charge < -0.3 is 10.3 Å². The smallest absolute Gasteiger partial charge is 0.248 e. The van der Waals surface area contributed by atoms with Gasteiger partial charge in [-0.15, -0.1) is 7.05 Å². The molecule has 3 nitrogen and oxygen atoms in total. The van der Waals surface area contributed by atoms with Gasteiger partial charge in [0.15, 0.2) is 0 Å². The molecule has 0 unspecified atom stereocenters. The number of nitrogens with zero attached hydrogens (tertiary/aromatic N) is 1. The van der Waals surface area contributed by atoms with Gasteiger partial charge >= 0.3 is 0 Å². The fourth-order valence-electron chi connectivity index (χ4n) is 2.30. The molecule has 0 atom stereocenters. The minimum Gasteiger partial charge on any atom is -0.481 e. The molecule has 32 heavy (non-hydrogen) atoms. The Bertz CT molecular complexity index is 772. The molecular formula is C14H11N2OY15-. The first-order valence-electron chi connectivity index (χ1n) is 5.33. The molecule has 1 heterocycles. The summed E-state index contributed by atoms with van der Waals surface area (Å²) in [6, 6.07) is 13.4. The van der Waals surface area contributed by atoms with E-state index in [-0.39, 0.29) is 491 Å². The van der Waals surface area contributed by atoms with Crippen LogP contribution in [0.25, 0.3) is 21.8 Å². The van der Waals surface area contributed by atoms with Gasteiger partial charge in [-0.05, 0) is 5.39 Å². The molecule has 0 fully saturated rings. The van der Waals surface area contributed by atoms with E-state index < -0.39 is 5.91 Å². The number of aromatic nitrogens is 1. The summed E-state index contributed by atoms with van der Waals surface area (Å²) in [7, 11) is 4.00. The van der Waals surface area contributed by atoms with E-state index in [1.807, 2.05) is 41.0 Å². The van der Waals surface area contributed by atoms with Crippen molar-refractivity contribution < 1.29 is 495 Å². The second-order valence-electron chi connectivity index (χ2n) is 4.01. The summed E-state index contributed by atoms with van der Waals surface area (Å²) in [5.41, 5.74) is 7.87. The van der Waals surface area contributed by atoms with Crippen molar-refractivity contribution in [3.63, 3.8) is 0 Å². The van der Waals surface area contributed by atoms with Crippen molar-refractivity contribution >= 4 is 27.7 Å². The first kappa shape index (κ1) is 85.6. The quantitative estimate of drug-likeness (QED) is 0.375. The molecule has 3 rings (SSSR count). The molecule has 0 aliphatic heterocycles. The zero-order valence-corrected chi connectivity index (χ0v) is 60.4. The SMILES string of the molecule is [CH2-]n1c2ccccc2c2c(C(N)=O)cccc21.[Y].[Y].[Y].[Y].[Y].[Y].[Y].[Y].[Y].[Y].[Y].[Y].[Y].[Y].[Y]. The first-order valence-corrected chi connectivity index (χ1v) is 5.33. The van der Waals surface area contributed by atoms with Crippen molar-refractivity contribution in [3.05, 3.63) is 55.1 Å². The molecule has 3 aromatic rings. The van der Waals surface area contributed by atoms with E-state index in [0.29, 0.717) is 5.56 Å². The predicted octanol–water partition coefficient (Wildman–Crippen LogP) is 2.50. The maximum atomic E-state index is 11.5. The van der Waals surface area contributed by atoms with E-state index in [4.69, 9.17) is 5.73 Å². The van der Waals surface area contributed by atoms with Crippen LogP contribution in [-0.4, -0.2) is 10.5 Å². The summed E-state index contributed by atoms with van der Waals surface area (Å²) in [6.45, 7) is 0. The molecule has 0 saturated heterocycles. The Morgan fingerprint density at radius 2 is 0.969 bits per heavy atom. The fraction of sp³-hybridized carbons (Fsp3) is 0. The predicted molar refractivity (Wildman–Crippen MR) is 68.7 cm³/mol. The van der Waals surface area contributed by atoms with Crippen LogP contribution in [-0.2, 0) is 491 Å². The molecule has 15 radical (unpaired) electrons. The Morgan fingerprint density at radius 3 is 1.38 bits per heavy atom. The van der Waals surface area contributed by atoms with Gasteiger partial charge in [-0.25, -0.2) is 0 Å². The largest absolute Gasteiger partial charge is 0.481 e. The minimum absolute atomic E-state index is 0. The normalized spacial score (nSPS) is 5.88. The Labute approximate surface area is 569 Å². The molecule has 2 N–H and O–H groups in total. The maximum Gasteiger partial charge on any atom is 0.248 e. The third-order valence-electron chi connectivity index (χ3n) is 3.06. The summed E-state index contributed by atoms with van der Waals surface area (Å²) in [4.78, 5) is 11.5. The monoisotopic (exact) mass is 1560 g/mol. The molecule has 0 aliphatic rings. The number of hydrogen-bond donors (Lipinski definition) is 1. The number of amides is 1. The fourth-order valence-corrected chi connectivity index (χ4v) is 2.30. The maximum absolute atomic E-state index is 11.5. The molecule has 0 spiro atoms. The molecule has 1 aromatic heterocycles. The second-order valence-corrected chi connectivity index (χ2v) is 4.01. The summed E-state index contributed by atoms with van der Waals surface area (Å²) < 4.78 is 1.83. The molecule has 0 bridgehead atoms. The zero-order chi connectivity index (χ0) is 12.0. The van der Waals surface area contributed by atoms with Gasteiger partial charge in [-0.1, -0.05) is 58.9 Å². The summed E-state index contributed by atoms with van der Waals surface area (Å²) in [6.07, 6.45) is 0. The van der Waals surface area contributed by atoms with E-state index in [1.54, 1.807) is 6.07 Å². The van der Waals surface area contributed by atoms with Crippen molar-refractivity contribution in [1.82, 2.24) is 4.57 Å². The Kier molecular flexibility index (Phi) is 132. The van der Waals surface area contributed by atoms with Gasteiger partial charge in [0.25, 0.3) is 0 Å². The van der Waals surface area contributed by atoms with Crippen LogP contribution in [0.4, 0.5) is 0 Å². The molecule has 18 heteroatoms. The van der Waals surface area contributed by atoms with Crippen molar-refractivity contribution in [2.75, 3.05) is 0 Å². The van der Waals surface area contributed by atoms with Crippen LogP contribution in [0.5, 0.6) is 0 Å². The Morgan fingerprint density at radius 1 is 0.594 bits per heavy atom. The van der Waals surface area contributed by atoms with Crippen LogP contribution in [0.1, 0.15) is 10.4 Å². The summed E-state index contributed by atoms with van der Waals surface area (Å²) >= 11 is 0. The van der Waals surface area contributed by atoms with Gasteiger partial charge in [0.1, 0.15) is 0 Å². The topological polar surface area (TPSA) is 48.0 Å². The van der Waals surface area contributed by atoms with Crippen LogP contribution in [0.3, 0.4) is 0 Å². The number of rotatable bonds is 1. The summed E-state index contributed by atoms with van der Waals surface area (Å²) in [5, 5.41) is 1.89. The molecule has 0 saturated carbocycles. The first-order chi connectivity index (χ1) is 8.20. The van der Waals surface area contributed by atoms with E-state index in [2.05, 4.69) is 7.05 Å². The molecule has 2 aromatic carbocycles. The number of fused-ring (bicyclic) bond motifs is 3. The van der Waals surface area contributed by atoms with Gasteiger partial charge in [-0.2, -0.15) is 0 Å². The van der Waals surface area contributed by atoms with Crippen molar-refractivity contribution in [1.29, 1.82) is 0 Å². The van der Waals surface area contributed by atoms with Gasteiger partial charge in [0.05, 0.1) is 0 Å². The number of benzene rings is 2. The Balaban J connectivity index is -0.0000000219. The second kappa shape index (κ2) is 49.5. The molecule has 129 valence electrons. The number of hydrogen-bond acceptors (Lipinski definition) is 1. The van der Waals surface area contributed by atoms with Crippen LogP contribution >= 0.6 is 0 Å². The van der Waals surface area contributed by atoms with E-state index in [1.165, 1.54) is 0 Å². The van der Waals surface area contributed by atoms with Crippen molar-refractivity contribution in [2.24, 2.45) is 5.73 Å². The van der Waals surface area contributed by atoms with E-state index in [0.717, 1.165) is 21.8 Å².